The minimum Gasteiger partial charge on any atom is -0.461 e. The highest BCUT2D eigenvalue weighted by Crippen LogP contribution is 2.14. The third-order valence-electron chi connectivity index (χ3n) is 2.76. The van der Waals surface area contributed by atoms with Crippen molar-refractivity contribution >= 4 is 39.6 Å². The molecule has 0 saturated heterocycles. The first kappa shape index (κ1) is 17.6. The molecule has 2 rings (SSSR count). The van der Waals surface area contributed by atoms with Gasteiger partial charge in [0.05, 0.1) is 12.4 Å². The summed E-state index contributed by atoms with van der Waals surface area (Å²) in [5.41, 5.74) is 1.23. The van der Waals surface area contributed by atoms with Crippen molar-refractivity contribution in [1.82, 2.24) is 15.3 Å². The molecule has 0 aliphatic heterocycles. The second-order valence-corrected chi connectivity index (χ2v) is 6.39. The van der Waals surface area contributed by atoms with Crippen molar-refractivity contribution in [1.29, 1.82) is 0 Å². The lowest BCUT2D eigenvalue weighted by Crippen LogP contribution is -2.24. The fourth-order valence-corrected chi connectivity index (χ4v) is 2.84. The quantitative estimate of drug-likeness (QED) is 0.554. The molecule has 2 N–H and O–H groups in total. The van der Waals surface area contributed by atoms with Crippen LogP contribution in [0.4, 0.5) is 0 Å². The number of hydrogen-bond donors (Lipinski definition) is 2. The lowest BCUT2D eigenvalue weighted by molar-refractivity contribution is -0.118. The highest BCUT2D eigenvalue weighted by atomic mass is 79.9. The summed E-state index contributed by atoms with van der Waals surface area (Å²) >= 11 is 4.62. The van der Waals surface area contributed by atoms with E-state index in [2.05, 4.69) is 31.2 Å². The largest absolute Gasteiger partial charge is 0.461 e. The van der Waals surface area contributed by atoms with Gasteiger partial charge in [-0.3, -0.25) is 4.79 Å². The van der Waals surface area contributed by atoms with Crippen molar-refractivity contribution < 1.29 is 14.3 Å². The first-order valence-electron chi connectivity index (χ1n) is 6.95. The maximum atomic E-state index is 11.8. The van der Waals surface area contributed by atoms with Crippen LogP contribution in [0.15, 0.2) is 40.1 Å². The SMILES string of the molecule is CCOC(=O)c1c[nH]c(SCC(=O)NCc2cccc(Br)c2)n1. The van der Waals surface area contributed by atoms with Crippen molar-refractivity contribution in [3.8, 4) is 0 Å². The number of ether oxygens (including phenoxy) is 1. The molecule has 0 aliphatic rings. The number of thioether (sulfide) groups is 1. The van der Waals surface area contributed by atoms with E-state index in [-0.39, 0.29) is 17.4 Å². The first-order chi connectivity index (χ1) is 11.1. The van der Waals surface area contributed by atoms with Crippen LogP contribution in [-0.2, 0) is 16.1 Å². The molecule has 0 atom stereocenters. The van der Waals surface area contributed by atoms with Gasteiger partial charge in [-0.25, -0.2) is 9.78 Å². The number of aromatic nitrogens is 2. The zero-order chi connectivity index (χ0) is 16.7. The van der Waals surface area contributed by atoms with Gasteiger partial charge in [0, 0.05) is 17.2 Å². The van der Waals surface area contributed by atoms with Gasteiger partial charge in [-0.05, 0) is 24.6 Å². The molecule has 1 amide bonds. The van der Waals surface area contributed by atoms with E-state index < -0.39 is 5.97 Å². The van der Waals surface area contributed by atoms with Gasteiger partial charge in [0.2, 0.25) is 5.91 Å². The monoisotopic (exact) mass is 397 g/mol. The van der Waals surface area contributed by atoms with E-state index in [0.717, 1.165) is 10.0 Å². The van der Waals surface area contributed by atoms with E-state index in [9.17, 15) is 9.59 Å². The molecular weight excluding hydrogens is 382 g/mol. The highest BCUT2D eigenvalue weighted by Gasteiger charge is 2.12. The first-order valence-corrected chi connectivity index (χ1v) is 8.73. The normalized spacial score (nSPS) is 10.3. The van der Waals surface area contributed by atoms with Crippen molar-refractivity contribution in [3.05, 3.63) is 46.2 Å². The van der Waals surface area contributed by atoms with Gasteiger partial charge < -0.3 is 15.0 Å². The molecule has 0 unspecified atom stereocenters. The molecule has 1 aromatic heterocycles. The molecular formula is C15H16BrN3O3S. The predicted octanol–water partition coefficient (Wildman–Crippen LogP) is 2.76. The zero-order valence-corrected chi connectivity index (χ0v) is 14.9. The summed E-state index contributed by atoms with van der Waals surface area (Å²) in [6, 6.07) is 7.74. The van der Waals surface area contributed by atoms with E-state index in [1.54, 1.807) is 6.92 Å². The number of benzene rings is 1. The van der Waals surface area contributed by atoms with Crippen LogP contribution >= 0.6 is 27.7 Å². The Balaban J connectivity index is 1.77. The number of carbonyl (C=O) groups excluding carboxylic acids is 2. The van der Waals surface area contributed by atoms with Crippen LogP contribution < -0.4 is 5.32 Å². The Bertz CT molecular complexity index is 690. The molecule has 6 nitrogen and oxygen atoms in total. The molecule has 0 aliphatic carbocycles. The van der Waals surface area contributed by atoms with Gasteiger partial charge in [-0.2, -0.15) is 0 Å². The van der Waals surface area contributed by atoms with Crippen LogP contribution in [0.1, 0.15) is 23.0 Å². The van der Waals surface area contributed by atoms with Crippen molar-refractivity contribution in [3.63, 3.8) is 0 Å². The van der Waals surface area contributed by atoms with Crippen LogP contribution in [-0.4, -0.2) is 34.2 Å². The van der Waals surface area contributed by atoms with Gasteiger partial charge in [0.1, 0.15) is 0 Å². The minimum atomic E-state index is -0.477. The summed E-state index contributed by atoms with van der Waals surface area (Å²) in [7, 11) is 0. The molecule has 23 heavy (non-hydrogen) atoms. The van der Waals surface area contributed by atoms with E-state index in [0.29, 0.717) is 18.3 Å². The van der Waals surface area contributed by atoms with E-state index in [4.69, 9.17) is 4.74 Å². The van der Waals surface area contributed by atoms with E-state index in [1.165, 1.54) is 18.0 Å². The average molecular weight is 398 g/mol. The number of nitrogens with one attached hydrogen (secondary N) is 2. The molecule has 0 fully saturated rings. The fraction of sp³-hybridized carbons (Fsp3) is 0.267. The van der Waals surface area contributed by atoms with Gasteiger partial charge in [-0.15, -0.1) is 0 Å². The highest BCUT2D eigenvalue weighted by molar-refractivity contribution is 9.10. The summed E-state index contributed by atoms with van der Waals surface area (Å²) in [6.07, 6.45) is 1.47. The number of H-pyrrole nitrogens is 1. The molecule has 0 bridgehead atoms. The molecule has 1 aromatic carbocycles. The number of halogens is 1. The topological polar surface area (TPSA) is 84.1 Å². The van der Waals surface area contributed by atoms with Gasteiger partial charge in [0.15, 0.2) is 10.9 Å². The number of esters is 1. The Labute approximate surface area is 146 Å². The Kier molecular flexibility index (Phi) is 6.66. The summed E-state index contributed by atoms with van der Waals surface area (Å²) in [4.78, 5) is 30.3. The standard InChI is InChI=1S/C15H16BrN3O3S/c1-2-22-14(21)12-8-18-15(19-12)23-9-13(20)17-7-10-4-3-5-11(16)6-10/h3-6,8H,2,7,9H2,1H3,(H,17,20)(H,18,19). The number of nitrogens with zero attached hydrogens (tertiary/aromatic N) is 1. The summed E-state index contributed by atoms with van der Waals surface area (Å²) in [6.45, 7) is 2.49. The Morgan fingerprint density at radius 3 is 3.00 bits per heavy atom. The molecule has 2 aromatic rings. The van der Waals surface area contributed by atoms with E-state index in [1.807, 2.05) is 24.3 Å². The van der Waals surface area contributed by atoms with Crippen LogP contribution in [0.3, 0.4) is 0 Å². The smallest absolute Gasteiger partial charge is 0.358 e. The number of aromatic amines is 1. The predicted molar refractivity (Wildman–Crippen MR) is 91.3 cm³/mol. The van der Waals surface area contributed by atoms with Crippen LogP contribution in [0.5, 0.6) is 0 Å². The van der Waals surface area contributed by atoms with Crippen molar-refractivity contribution in [2.24, 2.45) is 0 Å². The summed E-state index contributed by atoms with van der Waals surface area (Å²) < 4.78 is 5.82. The Hall–Kier alpha value is -1.80. The third-order valence-corrected chi connectivity index (χ3v) is 4.14. The average Bonchev–Trinajstić information content (AvgIpc) is 3.00. The number of amides is 1. The van der Waals surface area contributed by atoms with Crippen molar-refractivity contribution in [2.75, 3.05) is 12.4 Å². The Morgan fingerprint density at radius 2 is 2.26 bits per heavy atom. The van der Waals surface area contributed by atoms with Crippen LogP contribution in [0.25, 0.3) is 0 Å². The molecule has 122 valence electrons. The number of imidazole rings is 1. The maximum Gasteiger partial charge on any atom is 0.358 e. The van der Waals surface area contributed by atoms with Gasteiger partial charge >= 0.3 is 5.97 Å². The number of hydrogen-bond acceptors (Lipinski definition) is 5. The second-order valence-electron chi connectivity index (χ2n) is 4.51. The van der Waals surface area contributed by atoms with Gasteiger partial charge in [0.25, 0.3) is 0 Å². The lowest BCUT2D eigenvalue weighted by atomic mass is 10.2. The fourth-order valence-electron chi connectivity index (χ4n) is 1.72. The number of carbonyl (C=O) groups is 2. The molecule has 1 heterocycles. The minimum absolute atomic E-state index is 0.107. The van der Waals surface area contributed by atoms with E-state index >= 15 is 0 Å². The number of rotatable bonds is 7. The molecule has 0 radical (unpaired) electrons. The van der Waals surface area contributed by atoms with Crippen LogP contribution in [0.2, 0.25) is 0 Å². The van der Waals surface area contributed by atoms with Crippen molar-refractivity contribution in [2.45, 2.75) is 18.6 Å². The van der Waals surface area contributed by atoms with Crippen LogP contribution in [0, 0.1) is 0 Å². The maximum absolute atomic E-state index is 11.8. The summed E-state index contributed by atoms with van der Waals surface area (Å²) in [5, 5.41) is 3.34. The van der Waals surface area contributed by atoms with Gasteiger partial charge in [-0.1, -0.05) is 39.8 Å². The molecule has 0 saturated carbocycles. The lowest BCUT2D eigenvalue weighted by Gasteiger charge is -2.05. The summed E-state index contributed by atoms with van der Waals surface area (Å²) in [5.74, 6) is -0.372. The third kappa shape index (κ3) is 5.72. The zero-order valence-electron chi connectivity index (χ0n) is 12.5. The molecule has 8 heteroatoms. The second kappa shape index (κ2) is 8.73. The Morgan fingerprint density at radius 1 is 1.43 bits per heavy atom. The molecule has 0 spiro atoms.